The van der Waals surface area contributed by atoms with Crippen LogP contribution in [0.5, 0.6) is 0 Å². The summed E-state index contributed by atoms with van der Waals surface area (Å²) in [5, 5.41) is 7.43. The summed E-state index contributed by atoms with van der Waals surface area (Å²) in [6.45, 7) is 6.03. The van der Waals surface area contributed by atoms with E-state index in [-0.39, 0.29) is 18.5 Å². The van der Waals surface area contributed by atoms with Crippen molar-refractivity contribution in [1.29, 1.82) is 0 Å². The van der Waals surface area contributed by atoms with Crippen LogP contribution in [0.1, 0.15) is 47.4 Å². The molecule has 6 heteroatoms. The molecule has 1 aliphatic rings. The third-order valence-corrected chi connectivity index (χ3v) is 4.03. The molecule has 2 aromatic rings. The number of nitrogens with zero attached hydrogens (tertiary/aromatic N) is 4. The van der Waals surface area contributed by atoms with Gasteiger partial charge >= 0.3 is 0 Å². The van der Waals surface area contributed by atoms with Gasteiger partial charge in [0.1, 0.15) is 12.4 Å². The first-order valence-corrected chi connectivity index (χ1v) is 7.66. The molecule has 6 nitrogen and oxygen atoms in total. The molecule has 0 unspecified atom stereocenters. The summed E-state index contributed by atoms with van der Waals surface area (Å²) < 4.78 is 1.74. The number of fused-ring (bicyclic) bond motifs is 1. The Morgan fingerprint density at radius 3 is 2.95 bits per heavy atom. The molecule has 0 aromatic carbocycles. The lowest BCUT2D eigenvalue weighted by atomic mass is 9.92. The highest BCUT2D eigenvalue weighted by atomic mass is 16.2. The van der Waals surface area contributed by atoms with Crippen molar-refractivity contribution in [1.82, 2.24) is 25.1 Å². The van der Waals surface area contributed by atoms with Gasteiger partial charge in [0.25, 0.3) is 0 Å². The van der Waals surface area contributed by atoms with E-state index in [0.717, 1.165) is 47.7 Å². The zero-order valence-electron chi connectivity index (χ0n) is 13.3. The molecule has 116 valence electrons. The van der Waals surface area contributed by atoms with Crippen molar-refractivity contribution in [3.8, 4) is 0 Å². The number of nitrogens with one attached hydrogen (secondary N) is 1. The van der Waals surface area contributed by atoms with Gasteiger partial charge in [-0.3, -0.25) is 9.48 Å². The number of hydrogen-bond acceptors (Lipinski definition) is 4. The SMILES string of the molecule is Cc1cc(C)n(CC(=O)N[C@@H]2CCCc3nc(C)ncc32)n1. The summed E-state index contributed by atoms with van der Waals surface area (Å²) in [5.41, 5.74) is 4.04. The Morgan fingerprint density at radius 1 is 1.41 bits per heavy atom. The molecule has 1 amide bonds. The average Bonchev–Trinajstić information content (AvgIpc) is 2.76. The van der Waals surface area contributed by atoms with Crippen LogP contribution in [0.15, 0.2) is 12.3 Å². The van der Waals surface area contributed by atoms with Crippen molar-refractivity contribution in [2.45, 2.75) is 52.6 Å². The number of amides is 1. The van der Waals surface area contributed by atoms with Crippen molar-refractivity contribution in [3.63, 3.8) is 0 Å². The van der Waals surface area contributed by atoms with Crippen LogP contribution in [-0.2, 0) is 17.8 Å². The number of hydrogen-bond donors (Lipinski definition) is 1. The van der Waals surface area contributed by atoms with E-state index in [9.17, 15) is 4.79 Å². The van der Waals surface area contributed by atoms with Crippen molar-refractivity contribution in [2.24, 2.45) is 0 Å². The van der Waals surface area contributed by atoms with Gasteiger partial charge in [0.15, 0.2) is 0 Å². The smallest absolute Gasteiger partial charge is 0.242 e. The fraction of sp³-hybridized carbons (Fsp3) is 0.500. The minimum absolute atomic E-state index is 0.00816. The largest absolute Gasteiger partial charge is 0.348 e. The van der Waals surface area contributed by atoms with Gasteiger partial charge in [0.05, 0.1) is 11.7 Å². The lowest BCUT2D eigenvalue weighted by Crippen LogP contribution is -2.34. The molecule has 0 saturated heterocycles. The monoisotopic (exact) mass is 299 g/mol. The molecule has 1 aliphatic carbocycles. The predicted octanol–water partition coefficient (Wildman–Crippen LogP) is 1.79. The van der Waals surface area contributed by atoms with Crippen LogP contribution in [0, 0.1) is 20.8 Å². The van der Waals surface area contributed by atoms with E-state index in [0.29, 0.717) is 0 Å². The van der Waals surface area contributed by atoms with Gasteiger partial charge in [-0.1, -0.05) is 0 Å². The van der Waals surface area contributed by atoms with Crippen LogP contribution < -0.4 is 5.32 Å². The average molecular weight is 299 g/mol. The second kappa shape index (κ2) is 5.87. The van der Waals surface area contributed by atoms with Crippen LogP contribution in [-0.4, -0.2) is 25.7 Å². The number of carbonyl (C=O) groups excluding carboxylic acids is 1. The Hall–Kier alpha value is -2.24. The number of aryl methyl sites for hydroxylation is 4. The van der Waals surface area contributed by atoms with Crippen molar-refractivity contribution < 1.29 is 4.79 Å². The molecule has 0 aliphatic heterocycles. The highest BCUT2D eigenvalue weighted by Gasteiger charge is 2.23. The van der Waals surface area contributed by atoms with E-state index >= 15 is 0 Å². The quantitative estimate of drug-likeness (QED) is 0.938. The molecule has 2 heterocycles. The maximum Gasteiger partial charge on any atom is 0.242 e. The summed E-state index contributed by atoms with van der Waals surface area (Å²) in [4.78, 5) is 21.1. The first kappa shape index (κ1) is 14.7. The van der Waals surface area contributed by atoms with Crippen molar-refractivity contribution in [2.75, 3.05) is 0 Å². The van der Waals surface area contributed by atoms with Crippen LogP contribution in [0.4, 0.5) is 0 Å². The Balaban J connectivity index is 1.71. The van der Waals surface area contributed by atoms with E-state index in [1.165, 1.54) is 0 Å². The zero-order chi connectivity index (χ0) is 15.7. The molecule has 0 radical (unpaired) electrons. The first-order chi connectivity index (χ1) is 10.5. The highest BCUT2D eigenvalue weighted by Crippen LogP contribution is 2.27. The van der Waals surface area contributed by atoms with Gasteiger partial charge < -0.3 is 5.32 Å². The molecular formula is C16H21N5O. The molecule has 1 atom stereocenters. The summed E-state index contributed by atoms with van der Waals surface area (Å²) in [6, 6.07) is 1.98. The molecule has 0 saturated carbocycles. The normalized spacial score (nSPS) is 17.1. The van der Waals surface area contributed by atoms with E-state index in [4.69, 9.17) is 0 Å². The molecule has 2 aromatic heterocycles. The second-order valence-corrected chi connectivity index (χ2v) is 5.92. The zero-order valence-corrected chi connectivity index (χ0v) is 13.3. The molecular weight excluding hydrogens is 278 g/mol. The van der Waals surface area contributed by atoms with E-state index in [1.807, 2.05) is 33.0 Å². The third-order valence-electron chi connectivity index (χ3n) is 4.03. The Kier molecular flexibility index (Phi) is 3.92. The van der Waals surface area contributed by atoms with E-state index < -0.39 is 0 Å². The number of carbonyl (C=O) groups is 1. The minimum Gasteiger partial charge on any atom is -0.348 e. The van der Waals surface area contributed by atoms with Crippen LogP contribution in [0.3, 0.4) is 0 Å². The maximum atomic E-state index is 12.3. The number of aromatic nitrogens is 4. The molecule has 0 spiro atoms. The van der Waals surface area contributed by atoms with Gasteiger partial charge in [0.2, 0.25) is 5.91 Å². The third kappa shape index (κ3) is 3.00. The van der Waals surface area contributed by atoms with Crippen LogP contribution in [0.25, 0.3) is 0 Å². The van der Waals surface area contributed by atoms with Gasteiger partial charge in [-0.2, -0.15) is 5.10 Å². The van der Waals surface area contributed by atoms with Crippen molar-refractivity contribution in [3.05, 3.63) is 40.7 Å². The second-order valence-electron chi connectivity index (χ2n) is 5.92. The molecule has 0 bridgehead atoms. The Labute approximate surface area is 130 Å². The Bertz CT molecular complexity index is 707. The van der Waals surface area contributed by atoms with E-state index in [2.05, 4.69) is 20.4 Å². The predicted molar refractivity (Wildman–Crippen MR) is 82.3 cm³/mol. The lowest BCUT2D eigenvalue weighted by Gasteiger charge is -2.25. The topological polar surface area (TPSA) is 72.7 Å². The Morgan fingerprint density at radius 2 is 2.23 bits per heavy atom. The number of rotatable bonds is 3. The fourth-order valence-electron chi connectivity index (χ4n) is 3.01. The standard InChI is InChI=1S/C16H21N5O/c1-10-7-11(2)21(20-10)9-16(22)19-15-6-4-5-14-13(15)8-17-12(3)18-14/h7-8,15H,4-6,9H2,1-3H3,(H,19,22)/t15-/m1/s1. The fourth-order valence-corrected chi connectivity index (χ4v) is 3.01. The van der Waals surface area contributed by atoms with Gasteiger partial charge in [0, 0.05) is 23.1 Å². The van der Waals surface area contributed by atoms with Crippen LogP contribution in [0.2, 0.25) is 0 Å². The molecule has 0 fully saturated rings. The molecule has 22 heavy (non-hydrogen) atoms. The van der Waals surface area contributed by atoms with Gasteiger partial charge in [-0.15, -0.1) is 0 Å². The summed E-state index contributed by atoms with van der Waals surface area (Å²) in [7, 11) is 0. The summed E-state index contributed by atoms with van der Waals surface area (Å²) in [5.74, 6) is 0.762. The van der Waals surface area contributed by atoms with E-state index in [1.54, 1.807) is 4.68 Å². The van der Waals surface area contributed by atoms with Gasteiger partial charge in [-0.05, 0) is 46.1 Å². The van der Waals surface area contributed by atoms with Crippen LogP contribution >= 0.6 is 0 Å². The lowest BCUT2D eigenvalue weighted by molar-refractivity contribution is -0.122. The molecule has 1 N–H and O–H groups in total. The van der Waals surface area contributed by atoms with Crippen molar-refractivity contribution >= 4 is 5.91 Å². The molecule has 3 rings (SSSR count). The summed E-state index contributed by atoms with van der Waals surface area (Å²) >= 11 is 0. The first-order valence-electron chi connectivity index (χ1n) is 7.66. The highest BCUT2D eigenvalue weighted by molar-refractivity contribution is 5.76. The summed E-state index contributed by atoms with van der Waals surface area (Å²) in [6.07, 6.45) is 4.78. The minimum atomic E-state index is -0.0235. The maximum absolute atomic E-state index is 12.3. The van der Waals surface area contributed by atoms with Gasteiger partial charge in [-0.25, -0.2) is 9.97 Å².